The van der Waals surface area contributed by atoms with Crippen molar-refractivity contribution in [1.29, 1.82) is 0 Å². The first-order valence-electron chi connectivity index (χ1n) is 13.3. The minimum atomic E-state index is -4.30. The van der Waals surface area contributed by atoms with Crippen molar-refractivity contribution in [2.75, 3.05) is 25.1 Å². The number of sulfonamides is 1. The number of rotatable bonds is 13. The summed E-state index contributed by atoms with van der Waals surface area (Å²) in [6.07, 6.45) is 0.682. The van der Waals surface area contributed by atoms with E-state index in [4.69, 9.17) is 32.7 Å². The first-order chi connectivity index (χ1) is 19.9. The summed E-state index contributed by atoms with van der Waals surface area (Å²) < 4.78 is 39.9. The lowest BCUT2D eigenvalue weighted by atomic mass is 10.1. The fourth-order valence-corrected chi connectivity index (χ4v) is 6.08. The van der Waals surface area contributed by atoms with Gasteiger partial charge in [0.2, 0.25) is 11.8 Å². The Morgan fingerprint density at radius 3 is 2.14 bits per heavy atom. The molecule has 3 rings (SSSR count). The number of hydrogen-bond acceptors (Lipinski definition) is 6. The van der Waals surface area contributed by atoms with Crippen molar-refractivity contribution in [3.63, 3.8) is 0 Å². The van der Waals surface area contributed by atoms with E-state index < -0.39 is 34.4 Å². The fraction of sp³-hybridized carbons (Fsp3) is 0.333. The van der Waals surface area contributed by atoms with Crippen molar-refractivity contribution in [1.82, 2.24) is 10.2 Å². The van der Waals surface area contributed by atoms with Crippen LogP contribution in [-0.2, 0) is 26.2 Å². The number of anilines is 1. The number of methoxy groups -OCH3 is 2. The predicted molar refractivity (Wildman–Crippen MR) is 165 cm³/mol. The molecule has 9 nitrogen and oxygen atoms in total. The van der Waals surface area contributed by atoms with Gasteiger partial charge in [-0.25, -0.2) is 8.42 Å². The summed E-state index contributed by atoms with van der Waals surface area (Å²) in [5.41, 5.74) is 0.510. The van der Waals surface area contributed by atoms with E-state index in [1.807, 2.05) is 13.8 Å². The molecule has 0 fully saturated rings. The number of halogens is 2. The summed E-state index contributed by atoms with van der Waals surface area (Å²) in [6.45, 7) is 4.55. The van der Waals surface area contributed by atoms with Crippen LogP contribution in [-0.4, -0.2) is 58.0 Å². The Morgan fingerprint density at radius 2 is 1.57 bits per heavy atom. The van der Waals surface area contributed by atoms with E-state index in [0.717, 1.165) is 4.31 Å². The number of ether oxygens (including phenoxy) is 2. The van der Waals surface area contributed by atoms with Crippen molar-refractivity contribution in [2.45, 2.75) is 50.7 Å². The van der Waals surface area contributed by atoms with Gasteiger partial charge in [-0.2, -0.15) is 0 Å². The molecule has 42 heavy (non-hydrogen) atoms. The van der Waals surface area contributed by atoms with Crippen LogP contribution in [0.25, 0.3) is 0 Å². The average Bonchev–Trinajstić information content (AvgIpc) is 2.99. The van der Waals surface area contributed by atoms with Crippen molar-refractivity contribution in [3.8, 4) is 11.5 Å². The van der Waals surface area contributed by atoms with E-state index in [2.05, 4.69) is 5.32 Å². The highest BCUT2D eigenvalue weighted by atomic mass is 35.5. The maximum Gasteiger partial charge on any atom is 0.264 e. The zero-order chi connectivity index (χ0) is 31.0. The van der Waals surface area contributed by atoms with Crippen LogP contribution in [0.2, 0.25) is 10.0 Å². The van der Waals surface area contributed by atoms with E-state index in [0.29, 0.717) is 27.8 Å². The molecule has 0 unspecified atom stereocenters. The Labute approximate surface area is 257 Å². The van der Waals surface area contributed by atoms with Crippen molar-refractivity contribution in [3.05, 3.63) is 82.3 Å². The van der Waals surface area contributed by atoms with Crippen LogP contribution < -0.4 is 19.1 Å². The maximum absolute atomic E-state index is 14.2. The number of carbonyl (C=O) groups is 2. The van der Waals surface area contributed by atoms with E-state index in [9.17, 15) is 18.0 Å². The molecule has 0 radical (unpaired) electrons. The summed E-state index contributed by atoms with van der Waals surface area (Å²) in [6, 6.07) is 16.2. The minimum absolute atomic E-state index is 0.0362. The Bertz CT molecular complexity index is 1480. The number of benzene rings is 3. The molecule has 1 N–H and O–H groups in total. The van der Waals surface area contributed by atoms with E-state index >= 15 is 0 Å². The SMILES string of the molecule is CC[C@H](C)NC(=O)[C@H](C)N(Cc1c(Cl)cccc1Cl)C(=O)CN(c1cc(OC)ccc1OC)S(=O)(=O)c1ccccc1. The van der Waals surface area contributed by atoms with Crippen LogP contribution in [0.4, 0.5) is 5.69 Å². The second-order valence-electron chi connectivity index (χ2n) is 9.58. The normalized spacial score (nSPS) is 12.6. The lowest BCUT2D eigenvalue weighted by molar-refractivity contribution is -0.139. The summed E-state index contributed by atoms with van der Waals surface area (Å²) in [5, 5.41) is 3.49. The first kappa shape index (κ1) is 33.0. The van der Waals surface area contributed by atoms with E-state index in [1.54, 1.807) is 55.5 Å². The van der Waals surface area contributed by atoms with Crippen molar-refractivity contribution < 1.29 is 27.5 Å². The van der Waals surface area contributed by atoms with Gasteiger partial charge in [0.25, 0.3) is 10.0 Å². The van der Waals surface area contributed by atoms with Gasteiger partial charge in [0.15, 0.2) is 0 Å². The molecular formula is C30H35Cl2N3O6S. The van der Waals surface area contributed by atoms with Gasteiger partial charge in [-0.1, -0.05) is 54.4 Å². The highest BCUT2D eigenvalue weighted by molar-refractivity contribution is 7.92. The molecule has 0 saturated heterocycles. The molecule has 0 spiro atoms. The summed E-state index contributed by atoms with van der Waals surface area (Å²) in [5.74, 6) is -0.515. The van der Waals surface area contributed by atoms with Crippen molar-refractivity contribution >= 4 is 50.7 Å². The first-order valence-corrected chi connectivity index (χ1v) is 15.5. The van der Waals surface area contributed by atoms with Gasteiger partial charge >= 0.3 is 0 Å². The molecule has 3 aromatic carbocycles. The zero-order valence-corrected chi connectivity index (χ0v) is 26.5. The average molecular weight is 637 g/mol. The topological polar surface area (TPSA) is 105 Å². The van der Waals surface area contributed by atoms with Gasteiger partial charge in [0.05, 0.1) is 24.8 Å². The quantitative estimate of drug-likeness (QED) is 0.264. The van der Waals surface area contributed by atoms with Gasteiger partial charge in [-0.05, 0) is 56.7 Å². The van der Waals surface area contributed by atoms with Crippen LogP contribution in [0, 0.1) is 0 Å². The number of nitrogens with one attached hydrogen (secondary N) is 1. The Balaban J connectivity index is 2.14. The van der Waals surface area contributed by atoms with E-state index in [-0.39, 0.29) is 28.9 Å². The van der Waals surface area contributed by atoms with Crippen LogP contribution in [0.1, 0.15) is 32.8 Å². The van der Waals surface area contributed by atoms with E-state index in [1.165, 1.54) is 37.3 Å². The number of carbonyl (C=O) groups excluding carboxylic acids is 2. The van der Waals surface area contributed by atoms with Gasteiger partial charge < -0.3 is 19.7 Å². The number of hydrogen-bond donors (Lipinski definition) is 1. The molecule has 0 bridgehead atoms. The molecule has 0 heterocycles. The lowest BCUT2D eigenvalue weighted by Gasteiger charge is -2.33. The third kappa shape index (κ3) is 7.67. The van der Waals surface area contributed by atoms with Crippen LogP contribution in [0.15, 0.2) is 71.6 Å². The highest BCUT2D eigenvalue weighted by Crippen LogP contribution is 2.36. The minimum Gasteiger partial charge on any atom is -0.497 e. The molecule has 226 valence electrons. The Kier molecular flexibility index (Phi) is 11.5. The predicted octanol–water partition coefficient (Wildman–Crippen LogP) is 5.54. The van der Waals surface area contributed by atoms with Crippen molar-refractivity contribution in [2.24, 2.45) is 0 Å². The summed E-state index contributed by atoms with van der Waals surface area (Å²) >= 11 is 12.9. The van der Waals surface area contributed by atoms with Crippen LogP contribution in [0.3, 0.4) is 0 Å². The van der Waals surface area contributed by atoms with Gasteiger partial charge in [-0.15, -0.1) is 0 Å². The molecular weight excluding hydrogens is 601 g/mol. The molecule has 0 aliphatic carbocycles. The lowest BCUT2D eigenvalue weighted by Crippen LogP contribution is -2.52. The maximum atomic E-state index is 14.2. The third-order valence-electron chi connectivity index (χ3n) is 6.82. The van der Waals surface area contributed by atoms with Gasteiger partial charge in [0.1, 0.15) is 24.1 Å². The third-order valence-corrected chi connectivity index (χ3v) is 9.31. The van der Waals surface area contributed by atoms with Gasteiger partial charge in [0, 0.05) is 34.3 Å². The fourth-order valence-electron chi connectivity index (χ4n) is 4.13. The molecule has 0 saturated carbocycles. The number of amides is 2. The van der Waals surface area contributed by atoms with Crippen LogP contribution >= 0.6 is 23.2 Å². The van der Waals surface area contributed by atoms with Crippen LogP contribution in [0.5, 0.6) is 11.5 Å². The number of nitrogens with zero attached hydrogens (tertiary/aromatic N) is 2. The standard InChI is InChI=1S/C30H35Cl2N3O6S/c1-6-20(2)33-30(37)21(3)34(18-24-25(31)13-10-14-26(24)32)29(36)19-35(42(38,39)23-11-8-7-9-12-23)27-17-22(40-4)15-16-28(27)41-5/h7-17,20-21H,6,18-19H2,1-5H3,(H,33,37)/t20-,21-/m0/s1. The second-order valence-corrected chi connectivity index (χ2v) is 12.3. The Morgan fingerprint density at radius 1 is 0.929 bits per heavy atom. The molecule has 0 aliphatic heterocycles. The molecule has 3 aromatic rings. The molecule has 0 aliphatic rings. The molecule has 2 amide bonds. The second kappa shape index (κ2) is 14.6. The zero-order valence-electron chi connectivity index (χ0n) is 24.1. The monoisotopic (exact) mass is 635 g/mol. The summed E-state index contributed by atoms with van der Waals surface area (Å²) in [4.78, 5) is 28.6. The molecule has 12 heteroatoms. The summed E-state index contributed by atoms with van der Waals surface area (Å²) in [7, 11) is -1.46. The van der Waals surface area contributed by atoms with Gasteiger partial charge in [-0.3, -0.25) is 13.9 Å². The Hall–Kier alpha value is -3.47. The smallest absolute Gasteiger partial charge is 0.264 e. The largest absolute Gasteiger partial charge is 0.497 e. The highest BCUT2D eigenvalue weighted by Gasteiger charge is 2.34. The molecule has 0 aromatic heterocycles. The molecule has 2 atom stereocenters.